The highest BCUT2D eigenvalue weighted by atomic mass is 32.2. The minimum atomic E-state index is -3.63. The van der Waals surface area contributed by atoms with Crippen molar-refractivity contribution in [3.63, 3.8) is 0 Å². The van der Waals surface area contributed by atoms with E-state index in [4.69, 9.17) is 0 Å². The number of nitrogens with zero attached hydrogens (tertiary/aromatic N) is 4. The van der Waals surface area contributed by atoms with Gasteiger partial charge in [-0.15, -0.1) is 0 Å². The second-order valence-corrected chi connectivity index (χ2v) is 8.10. The molecule has 1 aliphatic heterocycles. The molecule has 3 heterocycles. The molecule has 140 valence electrons. The molecule has 3 aromatic rings. The summed E-state index contributed by atoms with van der Waals surface area (Å²) >= 11 is 0. The normalized spacial score (nSPS) is 16.0. The first-order chi connectivity index (χ1) is 13.0. The van der Waals surface area contributed by atoms with Gasteiger partial charge in [-0.25, -0.2) is 17.2 Å². The average Bonchev–Trinajstić information content (AvgIpc) is 2.71. The fraction of sp³-hybridized carbons (Fsp3) is 0.222. The van der Waals surface area contributed by atoms with Crippen LogP contribution in [0.15, 0.2) is 53.8 Å². The number of halogens is 2. The van der Waals surface area contributed by atoms with E-state index in [2.05, 4.69) is 9.97 Å². The molecule has 0 aliphatic carbocycles. The van der Waals surface area contributed by atoms with Gasteiger partial charge < -0.3 is 4.90 Å². The zero-order valence-electron chi connectivity index (χ0n) is 14.2. The van der Waals surface area contributed by atoms with Crippen molar-refractivity contribution in [1.82, 2.24) is 14.3 Å². The molecule has 0 saturated carbocycles. The highest BCUT2D eigenvalue weighted by Crippen LogP contribution is 2.30. The Labute approximate surface area is 155 Å². The van der Waals surface area contributed by atoms with E-state index in [-0.39, 0.29) is 28.9 Å². The van der Waals surface area contributed by atoms with Gasteiger partial charge in [-0.2, -0.15) is 4.31 Å². The summed E-state index contributed by atoms with van der Waals surface area (Å²) in [5.74, 6) is -1.15. The molecular formula is C18H16F2N4O2S. The van der Waals surface area contributed by atoms with Crippen molar-refractivity contribution < 1.29 is 17.2 Å². The molecule has 0 atom stereocenters. The van der Waals surface area contributed by atoms with Crippen molar-refractivity contribution >= 4 is 26.6 Å². The van der Waals surface area contributed by atoms with Gasteiger partial charge >= 0.3 is 0 Å². The monoisotopic (exact) mass is 390 g/mol. The molecule has 1 aromatic carbocycles. The van der Waals surface area contributed by atoms with Crippen LogP contribution in [0.1, 0.15) is 0 Å². The third-order valence-electron chi connectivity index (χ3n) is 4.62. The van der Waals surface area contributed by atoms with Crippen molar-refractivity contribution in [3.8, 4) is 0 Å². The van der Waals surface area contributed by atoms with E-state index in [1.54, 1.807) is 12.1 Å². The van der Waals surface area contributed by atoms with Crippen LogP contribution in [0.25, 0.3) is 10.9 Å². The minimum absolute atomic E-state index is 0.0297. The van der Waals surface area contributed by atoms with Crippen LogP contribution in [-0.2, 0) is 10.0 Å². The molecule has 1 aliphatic rings. The van der Waals surface area contributed by atoms with Gasteiger partial charge in [0.1, 0.15) is 22.0 Å². The number of hydrogen-bond donors (Lipinski definition) is 0. The summed E-state index contributed by atoms with van der Waals surface area (Å²) in [6.45, 7) is 1.18. The number of fused-ring (bicyclic) bond motifs is 1. The van der Waals surface area contributed by atoms with Gasteiger partial charge in [0.25, 0.3) is 0 Å². The molecule has 4 rings (SSSR count). The van der Waals surface area contributed by atoms with E-state index in [0.717, 1.165) is 12.1 Å². The molecule has 0 bridgehead atoms. The molecule has 0 N–H and O–H groups in total. The molecule has 2 aromatic heterocycles. The van der Waals surface area contributed by atoms with Crippen LogP contribution < -0.4 is 4.90 Å². The fourth-order valence-electron chi connectivity index (χ4n) is 3.26. The third kappa shape index (κ3) is 3.13. The van der Waals surface area contributed by atoms with Gasteiger partial charge in [-0.3, -0.25) is 9.97 Å². The lowest BCUT2D eigenvalue weighted by Crippen LogP contribution is -2.48. The molecule has 0 spiro atoms. The Hall–Kier alpha value is -2.65. The first kappa shape index (κ1) is 17.7. The predicted octanol–water partition coefficient (Wildman–Crippen LogP) is 2.42. The molecular weight excluding hydrogens is 374 g/mol. The smallest absolute Gasteiger partial charge is 0.244 e. The maximum absolute atomic E-state index is 14.3. The summed E-state index contributed by atoms with van der Waals surface area (Å²) in [6.07, 6.45) is 4.26. The first-order valence-corrected chi connectivity index (χ1v) is 9.80. The average molecular weight is 390 g/mol. The van der Waals surface area contributed by atoms with Crippen LogP contribution in [0.4, 0.5) is 14.5 Å². The highest BCUT2D eigenvalue weighted by Gasteiger charge is 2.29. The molecule has 27 heavy (non-hydrogen) atoms. The van der Waals surface area contributed by atoms with Gasteiger partial charge in [0.15, 0.2) is 0 Å². The lowest BCUT2D eigenvalue weighted by molar-refractivity contribution is 0.385. The Balaban J connectivity index is 1.61. The SMILES string of the molecule is O=S(=O)(c1cccnc1)N1CCN(c2ccnc3c(F)ccc(F)c23)CC1. The van der Waals surface area contributed by atoms with E-state index in [1.807, 2.05) is 4.90 Å². The largest absolute Gasteiger partial charge is 0.368 e. The van der Waals surface area contributed by atoms with Gasteiger partial charge in [0.05, 0.1) is 11.1 Å². The molecule has 0 radical (unpaired) electrons. The zero-order valence-corrected chi connectivity index (χ0v) is 15.0. The summed E-state index contributed by atoms with van der Waals surface area (Å²) in [5, 5.41) is 0.112. The number of sulfonamides is 1. The second kappa shape index (κ2) is 6.82. The fourth-order valence-corrected chi connectivity index (χ4v) is 4.65. The molecule has 0 unspecified atom stereocenters. The number of benzene rings is 1. The quantitative estimate of drug-likeness (QED) is 0.687. The number of piperazine rings is 1. The van der Waals surface area contributed by atoms with E-state index in [9.17, 15) is 17.2 Å². The van der Waals surface area contributed by atoms with Crippen LogP contribution in [0.3, 0.4) is 0 Å². The number of anilines is 1. The van der Waals surface area contributed by atoms with Gasteiger partial charge in [0.2, 0.25) is 10.0 Å². The number of rotatable bonds is 3. The Bertz CT molecular complexity index is 1090. The molecule has 9 heteroatoms. The maximum atomic E-state index is 14.3. The first-order valence-electron chi connectivity index (χ1n) is 8.36. The Morgan fingerprint density at radius 1 is 0.926 bits per heavy atom. The van der Waals surface area contributed by atoms with Crippen LogP contribution in [-0.4, -0.2) is 48.9 Å². The maximum Gasteiger partial charge on any atom is 0.244 e. The van der Waals surface area contributed by atoms with Crippen molar-refractivity contribution in [1.29, 1.82) is 0 Å². The Morgan fingerprint density at radius 3 is 2.37 bits per heavy atom. The van der Waals surface area contributed by atoms with Crippen LogP contribution in [0, 0.1) is 11.6 Å². The zero-order chi connectivity index (χ0) is 19.0. The molecule has 6 nitrogen and oxygen atoms in total. The van der Waals surface area contributed by atoms with Crippen LogP contribution in [0.2, 0.25) is 0 Å². The highest BCUT2D eigenvalue weighted by molar-refractivity contribution is 7.89. The van der Waals surface area contributed by atoms with E-state index >= 15 is 0 Å². The lowest BCUT2D eigenvalue weighted by Gasteiger charge is -2.35. The van der Waals surface area contributed by atoms with Crippen molar-refractivity contribution in [2.75, 3.05) is 31.1 Å². The third-order valence-corrected chi connectivity index (χ3v) is 6.50. The minimum Gasteiger partial charge on any atom is -0.368 e. The van der Waals surface area contributed by atoms with Gasteiger partial charge in [-0.1, -0.05) is 0 Å². The van der Waals surface area contributed by atoms with Crippen molar-refractivity contribution in [2.24, 2.45) is 0 Å². The Kier molecular flexibility index (Phi) is 4.48. The number of pyridine rings is 2. The van der Waals surface area contributed by atoms with Crippen molar-refractivity contribution in [3.05, 3.63) is 60.6 Å². The van der Waals surface area contributed by atoms with Crippen LogP contribution >= 0.6 is 0 Å². The number of aromatic nitrogens is 2. The second-order valence-electron chi connectivity index (χ2n) is 6.16. The van der Waals surface area contributed by atoms with E-state index < -0.39 is 21.7 Å². The predicted molar refractivity (Wildman–Crippen MR) is 96.9 cm³/mol. The lowest BCUT2D eigenvalue weighted by atomic mass is 10.1. The van der Waals surface area contributed by atoms with E-state index in [0.29, 0.717) is 18.8 Å². The Morgan fingerprint density at radius 2 is 1.67 bits per heavy atom. The molecule has 1 fully saturated rings. The standard InChI is InChI=1S/C18H16F2N4O2S/c19-14-3-4-15(20)18-17(14)16(5-7-22-18)23-8-10-24(11-9-23)27(25,26)13-2-1-6-21-12-13/h1-7,12H,8-11H2. The summed E-state index contributed by atoms with van der Waals surface area (Å²) in [4.78, 5) is 9.78. The summed E-state index contributed by atoms with van der Waals surface area (Å²) in [7, 11) is -3.63. The van der Waals surface area contributed by atoms with Gasteiger partial charge in [0, 0.05) is 44.8 Å². The summed E-state index contributed by atoms with van der Waals surface area (Å²) in [5.41, 5.74) is 0.480. The van der Waals surface area contributed by atoms with Crippen molar-refractivity contribution in [2.45, 2.75) is 4.90 Å². The number of hydrogen-bond acceptors (Lipinski definition) is 5. The summed E-state index contributed by atoms with van der Waals surface area (Å²) in [6, 6.07) is 6.82. The molecule has 1 saturated heterocycles. The van der Waals surface area contributed by atoms with Gasteiger partial charge in [-0.05, 0) is 30.3 Å². The van der Waals surface area contributed by atoms with E-state index in [1.165, 1.54) is 29.0 Å². The summed E-state index contributed by atoms with van der Waals surface area (Å²) < 4.78 is 55.1. The van der Waals surface area contributed by atoms with Crippen LogP contribution in [0.5, 0.6) is 0 Å². The topological polar surface area (TPSA) is 66.4 Å². The molecule has 0 amide bonds.